The van der Waals surface area contributed by atoms with Gasteiger partial charge in [0.15, 0.2) is 0 Å². The number of fused-ring (bicyclic) bond motifs is 1. The molecule has 5 N–H and O–H groups in total. The maximum absolute atomic E-state index is 13.0. The van der Waals surface area contributed by atoms with Gasteiger partial charge in [0, 0.05) is 60.3 Å². The Morgan fingerprint density at radius 1 is 1.18 bits per heavy atom. The molecule has 0 aliphatic rings. The first-order valence-electron chi connectivity index (χ1n) is 10.2. The topological polar surface area (TPSA) is 126 Å². The molecular formula is C22H25F3N6O2. The number of amides is 2. The number of rotatable bonds is 8. The molecule has 3 heterocycles. The highest BCUT2D eigenvalue weighted by atomic mass is 19.4. The summed E-state index contributed by atoms with van der Waals surface area (Å²) in [6.07, 6.45) is 1.68. The van der Waals surface area contributed by atoms with Crippen molar-refractivity contribution in [2.75, 3.05) is 6.54 Å². The van der Waals surface area contributed by atoms with E-state index in [2.05, 4.69) is 25.6 Å². The Kier molecular flexibility index (Phi) is 6.73. The minimum atomic E-state index is -4.53. The molecule has 0 unspecified atom stereocenters. The number of pyridine rings is 2. The molecule has 3 aromatic heterocycles. The first-order valence-corrected chi connectivity index (χ1v) is 10.2. The second-order valence-corrected chi connectivity index (χ2v) is 8.11. The van der Waals surface area contributed by atoms with E-state index in [0.29, 0.717) is 23.3 Å². The molecule has 0 fully saturated rings. The second kappa shape index (κ2) is 9.18. The van der Waals surface area contributed by atoms with E-state index in [4.69, 9.17) is 5.73 Å². The summed E-state index contributed by atoms with van der Waals surface area (Å²) in [5.41, 5.74) is 6.68. The van der Waals surface area contributed by atoms with E-state index >= 15 is 0 Å². The Labute approximate surface area is 188 Å². The van der Waals surface area contributed by atoms with Crippen LogP contribution in [0.15, 0.2) is 36.9 Å². The lowest BCUT2D eigenvalue weighted by atomic mass is 9.79. The molecule has 0 radical (unpaired) electrons. The highest BCUT2D eigenvalue weighted by Crippen LogP contribution is 2.34. The number of aromatic nitrogens is 3. The number of hydrogen-bond donors (Lipinski definition) is 4. The van der Waals surface area contributed by atoms with Crippen LogP contribution >= 0.6 is 0 Å². The second-order valence-electron chi connectivity index (χ2n) is 8.11. The zero-order valence-electron chi connectivity index (χ0n) is 18.4. The average molecular weight is 462 g/mol. The van der Waals surface area contributed by atoms with Gasteiger partial charge < -0.3 is 16.0 Å². The number of hydrogen-bond acceptors (Lipinski definition) is 5. The fourth-order valence-electron chi connectivity index (χ4n) is 3.80. The number of carbonyl (C=O) groups is 2. The molecule has 8 nitrogen and oxygen atoms in total. The van der Waals surface area contributed by atoms with Crippen molar-refractivity contribution in [2.24, 2.45) is 11.7 Å². The number of alkyl halides is 3. The van der Waals surface area contributed by atoms with Crippen LogP contribution in [0.1, 0.15) is 31.9 Å². The number of nitrogens with two attached hydrogens (primary N) is 1. The van der Waals surface area contributed by atoms with Crippen LogP contribution in [0.4, 0.5) is 13.2 Å². The summed E-state index contributed by atoms with van der Waals surface area (Å²) in [5.74, 6) is -1.70. The predicted molar refractivity (Wildman–Crippen MR) is 117 cm³/mol. The summed E-state index contributed by atoms with van der Waals surface area (Å²) in [4.78, 5) is 35.3. The van der Waals surface area contributed by atoms with Gasteiger partial charge in [-0.1, -0.05) is 13.8 Å². The molecule has 0 aliphatic heterocycles. The molecule has 0 aromatic carbocycles. The minimum absolute atomic E-state index is 0.177. The van der Waals surface area contributed by atoms with E-state index in [-0.39, 0.29) is 11.5 Å². The van der Waals surface area contributed by atoms with E-state index in [1.165, 1.54) is 13.1 Å². The van der Waals surface area contributed by atoms with Crippen LogP contribution in [-0.4, -0.2) is 39.5 Å². The van der Waals surface area contributed by atoms with Gasteiger partial charge in [0.25, 0.3) is 0 Å². The summed E-state index contributed by atoms with van der Waals surface area (Å²) >= 11 is 0. The number of halogens is 3. The first kappa shape index (κ1) is 24.2. The van der Waals surface area contributed by atoms with Crippen molar-refractivity contribution >= 4 is 22.8 Å². The average Bonchev–Trinajstić information content (AvgIpc) is 3.15. The monoisotopic (exact) mass is 462 g/mol. The van der Waals surface area contributed by atoms with Crippen LogP contribution in [0.2, 0.25) is 0 Å². The first-order chi connectivity index (χ1) is 15.4. The molecule has 33 heavy (non-hydrogen) atoms. The van der Waals surface area contributed by atoms with Gasteiger partial charge in [0.1, 0.15) is 11.2 Å². The number of carbonyl (C=O) groups excluding carboxylic acids is 2. The Morgan fingerprint density at radius 3 is 2.52 bits per heavy atom. The normalized spacial score (nSPS) is 13.8. The largest absolute Gasteiger partial charge is 0.401 e. The van der Waals surface area contributed by atoms with Crippen molar-refractivity contribution < 1.29 is 22.8 Å². The molecule has 11 heteroatoms. The maximum Gasteiger partial charge on any atom is 0.401 e. The Hall–Kier alpha value is -3.47. The summed E-state index contributed by atoms with van der Waals surface area (Å²) in [6, 6.07) is 3.45. The third kappa shape index (κ3) is 5.14. The number of nitrogens with zero attached hydrogens (tertiary/aromatic N) is 2. The predicted octanol–water partition coefficient (Wildman–Crippen LogP) is 2.75. The molecule has 1 atom stereocenters. The quantitative estimate of drug-likeness (QED) is 0.410. The molecule has 0 spiro atoms. The van der Waals surface area contributed by atoms with Crippen LogP contribution in [-0.2, 0) is 21.7 Å². The SMILES string of the molecule is CC(=O)NCc1cnc2[nH]cc(-c3cncc([C@@](NCC(F)(F)F)(C(N)=O)C(C)C)c3)c2c1. The van der Waals surface area contributed by atoms with Gasteiger partial charge >= 0.3 is 6.18 Å². The number of primary amides is 1. The third-order valence-electron chi connectivity index (χ3n) is 5.46. The highest BCUT2D eigenvalue weighted by Gasteiger charge is 2.44. The zero-order valence-corrected chi connectivity index (χ0v) is 18.4. The summed E-state index contributed by atoms with van der Waals surface area (Å²) in [5, 5.41) is 5.77. The lowest BCUT2D eigenvalue weighted by molar-refractivity contribution is -0.139. The molecule has 176 valence electrons. The van der Waals surface area contributed by atoms with Crippen molar-refractivity contribution in [1.29, 1.82) is 0 Å². The van der Waals surface area contributed by atoms with Crippen LogP contribution in [0.25, 0.3) is 22.2 Å². The molecule has 0 saturated carbocycles. The van der Waals surface area contributed by atoms with Crippen molar-refractivity contribution in [2.45, 2.75) is 39.0 Å². The van der Waals surface area contributed by atoms with Crippen molar-refractivity contribution in [1.82, 2.24) is 25.6 Å². The molecule has 3 aromatic rings. The van der Waals surface area contributed by atoms with Crippen LogP contribution < -0.4 is 16.4 Å². The standard InChI is InChI=1S/C22H25F3N6O2/c1-12(2)22(20(26)33,31-11-21(23,24)25)16-5-15(8-27-9-16)18-10-30-19-17(18)4-14(7-29-19)6-28-13(3)32/h4-5,7-10,12,31H,6,11H2,1-3H3,(H2,26,33)(H,28,32)(H,29,30)/t22-/m1/s1. The van der Waals surface area contributed by atoms with E-state index in [0.717, 1.165) is 10.9 Å². The lowest BCUT2D eigenvalue weighted by Crippen LogP contribution is -2.58. The Bertz CT molecular complexity index is 1170. The highest BCUT2D eigenvalue weighted by molar-refractivity contribution is 5.94. The van der Waals surface area contributed by atoms with Crippen molar-refractivity contribution in [3.05, 3.63) is 48.0 Å². The van der Waals surface area contributed by atoms with Crippen molar-refractivity contribution in [3.63, 3.8) is 0 Å². The summed E-state index contributed by atoms with van der Waals surface area (Å²) in [7, 11) is 0. The summed E-state index contributed by atoms with van der Waals surface area (Å²) < 4.78 is 39.0. The fraction of sp³-hybridized carbons (Fsp3) is 0.364. The van der Waals surface area contributed by atoms with Crippen LogP contribution in [0.3, 0.4) is 0 Å². The number of aromatic amines is 1. The van der Waals surface area contributed by atoms with Crippen molar-refractivity contribution in [3.8, 4) is 11.1 Å². The van der Waals surface area contributed by atoms with Gasteiger partial charge in [0.2, 0.25) is 11.8 Å². The molecule has 2 amide bonds. The third-order valence-corrected chi connectivity index (χ3v) is 5.46. The van der Waals surface area contributed by atoms with Gasteiger partial charge in [-0.3, -0.25) is 19.9 Å². The molecule has 0 saturated heterocycles. The number of nitrogens with one attached hydrogen (secondary N) is 3. The molecule has 0 aliphatic carbocycles. The van der Waals surface area contributed by atoms with Gasteiger partial charge in [-0.05, 0) is 23.6 Å². The maximum atomic E-state index is 13.0. The van der Waals surface area contributed by atoms with Gasteiger partial charge in [0.05, 0.1) is 6.54 Å². The van der Waals surface area contributed by atoms with E-state index in [1.807, 2.05) is 6.07 Å². The number of H-pyrrole nitrogens is 1. The van der Waals surface area contributed by atoms with E-state index < -0.39 is 30.1 Å². The van der Waals surface area contributed by atoms with Crippen LogP contribution in [0.5, 0.6) is 0 Å². The minimum Gasteiger partial charge on any atom is -0.368 e. The van der Waals surface area contributed by atoms with Gasteiger partial charge in [-0.25, -0.2) is 4.98 Å². The fourth-order valence-corrected chi connectivity index (χ4v) is 3.80. The zero-order chi connectivity index (χ0) is 24.4. The lowest BCUT2D eigenvalue weighted by Gasteiger charge is -2.36. The van der Waals surface area contributed by atoms with Gasteiger partial charge in [-0.2, -0.15) is 13.2 Å². The van der Waals surface area contributed by atoms with E-state index in [9.17, 15) is 22.8 Å². The van der Waals surface area contributed by atoms with Gasteiger partial charge in [-0.15, -0.1) is 0 Å². The molecule has 0 bridgehead atoms. The smallest absolute Gasteiger partial charge is 0.368 e. The molecular weight excluding hydrogens is 437 g/mol. The van der Waals surface area contributed by atoms with E-state index in [1.54, 1.807) is 38.5 Å². The van der Waals surface area contributed by atoms with Crippen LogP contribution in [0, 0.1) is 5.92 Å². The molecule has 3 rings (SSSR count). The summed E-state index contributed by atoms with van der Waals surface area (Å²) in [6.45, 7) is 3.55. The Morgan fingerprint density at radius 2 is 1.91 bits per heavy atom. The Balaban J connectivity index is 2.07.